The summed E-state index contributed by atoms with van der Waals surface area (Å²) in [6.45, 7) is 2.57. The summed E-state index contributed by atoms with van der Waals surface area (Å²) in [5.74, 6) is 0.0542. The molecule has 0 saturated carbocycles. The number of alkyl halides is 1. The molecular formula is C12H16ClNO. The molecular weight excluding hydrogens is 210 g/mol. The van der Waals surface area contributed by atoms with Crippen molar-refractivity contribution in [2.45, 2.75) is 25.1 Å². The first kappa shape index (κ1) is 12.1. The number of halogens is 1. The van der Waals surface area contributed by atoms with Gasteiger partial charge in [-0.05, 0) is 18.9 Å². The zero-order valence-corrected chi connectivity index (χ0v) is 9.63. The Morgan fingerprint density at radius 1 is 1.40 bits per heavy atom. The van der Waals surface area contributed by atoms with Gasteiger partial charge in [0, 0.05) is 11.9 Å². The second-order valence-electron chi connectivity index (χ2n) is 3.58. The molecule has 15 heavy (non-hydrogen) atoms. The van der Waals surface area contributed by atoms with Crippen LogP contribution in [-0.2, 0) is 11.2 Å². The molecule has 82 valence electrons. The van der Waals surface area contributed by atoms with Gasteiger partial charge in [0.05, 0.1) is 6.42 Å². The number of rotatable bonds is 5. The summed E-state index contributed by atoms with van der Waals surface area (Å²) < 4.78 is 0. The summed E-state index contributed by atoms with van der Waals surface area (Å²) in [5, 5.41) is 2.95. The van der Waals surface area contributed by atoms with Crippen molar-refractivity contribution in [3.05, 3.63) is 35.9 Å². The molecule has 0 aliphatic heterocycles. The third-order valence-electron chi connectivity index (χ3n) is 2.07. The Balaban J connectivity index is 2.25. The van der Waals surface area contributed by atoms with E-state index in [9.17, 15) is 4.79 Å². The van der Waals surface area contributed by atoms with Gasteiger partial charge < -0.3 is 5.32 Å². The second-order valence-corrected chi connectivity index (χ2v) is 4.33. The molecule has 1 unspecified atom stereocenters. The molecule has 0 heterocycles. The van der Waals surface area contributed by atoms with Gasteiger partial charge >= 0.3 is 0 Å². The predicted octanol–water partition coefficient (Wildman–Crippen LogP) is 2.36. The number of hydrogen-bond acceptors (Lipinski definition) is 1. The van der Waals surface area contributed by atoms with E-state index in [0.717, 1.165) is 12.0 Å². The van der Waals surface area contributed by atoms with Crippen LogP contribution in [0.2, 0.25) is 0 Å². The largest absolute Gasteiger partial charge is 0.356 e. The third-order valence-corrected chi connectivity index (χ3v) is 2.29. The van der Waals surface area contributed by atoms with E-state index in [1.54, 1.807) is 0 Å². The molecule has 2 nitrogen and oxygen atoms in total. The van der Waals surface area contributed by atoms with Gasteiger partial charge in [-0.2, -0.15) is 0 Å². The Kier molecular flexibility index (Phi) is 5.19. The average Bonchev–Trinajstić information content (AvgIpc) is 2.18. The highest BCUT2D eigenvalue weighted by molar-refractivity contribution is 6.20. The van der Waals surface area contributed by atoms with Crippen molar-refractivity contribution in [2.75, 3.05) is 6.54 Å². The van der Waals surface area contributed by atoms with Crippen molar-refractivity contribution in [3.8, 4) is 0 Å². The number of nitrogens with one attached hydrogen (secondary N) is 1. The Morgan fingerprint density at radius 2 is 2.07 bits per heavy atom. The molecule has 1 amide bonds. The standard InChI is InChI=1S/C12H16ClNO/c1-10(13)7-8-14-12(15)9-11-5-3-2-4-6-11/h2-6,10H,7-9H2,1H3,(H,14,15). The summed E-state index contributed by atoms with van der Waals surface area (Å²) in [7, 11) is 0. The second kappa shape index (κ2) is 6.46. The van der Waals surface area contributed by atoms with Crippen LogP contribution in [-0.4, -0.2) is 17.8 Å². The highest BCUT2D eigenvalue weighted by Crippen LogP contribution is 2.00. The summed E-state index contributed by atoms with van der Waals surface area (Å²) in [6.07, 6.45) is 1.25. The van der Waals surface area contributed by atoms with Crippen LogP contribution in [0.15, 0.2) is 30.3 Å². The Hall–Kier alpha value is -1.02. The lowest BCUT2D eigenvalue weighted by Gasteiger charge is -2.06. The minimum atomic E-state index is 0.0542. The van der Waals surface area contributed by atoms with Gasteiger partial charge in [0.15, 0.2) is 0 Å². The maximum atomic E-state index is 11.4. The fourth-order valence-electron chi connectivity index (χ4n) is 1.25. The highest BCUT2D eigenvalue weighted by atomic mass is 35.5. The molecule has 0 fully saturated rings. The van der Waals surface area contributed by atoms with Gasteiger partial charge in [-0.15, -0.1) is 11.6 Å². The minimum Gasteiger partial charge on any atom is -0.356 e. The zero-order valence-electron chi connectivity index (χ0n) is 8.87. The number of carbonyl (C=O) groups excluding carboxylic acids is 1. The van der Waals surface area contributed by atoms with E-state index in [2.05, 4.69) is 5.32 Å². The van der Waals surface area contributed by atoms with Crippen molar-refractivity contribution < 1.29 is 4.79 Å². The normalized spacial score (nSPS) is 12.1. The summed E-state index contributed by atoms with van der Waals surface area (Å²) >= 11 is 5.77. The Bertz CT molecular complexity index is 298. The molecule has 0 saturated heterocycles. The molecule has 1 atom stereocenters. The van der Waals surface area contributed by atoms with Crippen LogP contribution in [0.4, 0.5) is 0 Å². The first-order valence-electron chi connectivity index (χ1n) is 5.13. The van der Waals surface area contributed by atoms with Crippen molar-refractivity contribution in [1.82, 2.24) is 5.32 Å². The number of hydrogen-bond donors (Lipinski definition) is 1. The summed E-state index contributed by atoms with van der Waals surface area (Å²) in [6, 6.07) is 9.71. The smallest absolute Gasteiger partial charge is 0.224 e. The SMILES string of the molecule is CC(Cl)CCNC(=O)Cc1ccccc1. The Morgan fingerprint density at radius 3 is 2.67 bits per heavy atom. The van der Waals surface area contributed by atoms with E-state index in [1.807, 2.05) is 37.3 Å². The summed E-state index contributed by atoms with van der Waals surface area (Å²) in [4.78, 5) is 11.4. The molecule has 3 heteroatoms. The number of benzene rings is 1. The Labute approximate surface area is 95.6 Å². The molecule has 1 rings (SSSR count). The van der Waals surface area contributed by atoms with Crippen LogP contribution in [0.25, 0.3) is 0 Å². The molecule has 0 radical (unpaired) electrons. The van der Waals surface area contributed by atoms with E-state index in [4.69, 9.17) is 11.6 Å². The van der Waals surface area contributed by atoms with Gasteiger partial charge in [-0.1, -0.05) is 30.3 Å². The predicted molar refractivity (Wildman–Crippen MR) is 63.1 cm³/mol. The quantitative estimate of drug-likeness (QED) is 0.766. The molecule has 0 aromatic heterocycles. The van der Waals surface area contributed by atoms with Gasteiger partial charge in [0.25, 0.3) is 0 Å². The fraction of sp³-hybridized carbons (Fsp3) is 0.417. The maximum absolute atomic E-state index is 11.4. The number of carbonyl (C=O) groups is 1. The van der Waals surface area contributed by atoms with Gasteiger partial charge in [-0.25, -0.2) is 0 Å². The van der Waals surface area contributed by atoms with Crippen LogP contribution < -0.4 is 5.32 Å². The first-order valence-corrected chi connectivity index (χ1v) is 5.57. The minimum absolute atomic E-state index is 0.0542. The first-order chi connectivity index (χ1) is 7.18. The van der Waals surface area contributed by atoms with Crippen molar-refractivity contribution in [2.24, 2.45) is 0 Å². The highest BCUT2D eigenvalue weighted by Gasteiger charge is 2.02. The van der Waals surface area contributed by atoms with Crippen LogP contribution in [0.3, 0.4) is 0 Å². The lowest BCUT2D eigenvalue weighted by Crippen LogP contribution is -2.27. The molecule has 1 aromatic carbocycles. The van der Waals surface area contributed by atoms with E-state index in [-0.39, 0.29) is 11.3 Å². The summed E-state index contributed by atoms with van der Waals surface area (Å²) in [5.41, 5.74) is 1.04. The van der Waals surface area contributed by atoms with E-state index in [1.165, 1.54) is 0 Å². The van der Waals surface area contributed by atoms with Crippen molar-refractivity contribution in [1.29, 1.82) is 0 Å². The molecule has 1 aromatic rings. The molecule has 0 aliphatic rings. The maximum Gasteiger partial charge on any atom is 0.224 e. The third kappa shape index (κ3) is 5.43. The van der Waals surface area contributed by atoms with E-state index in [0.29, 0.717) is 13.0 Å². The fourth-order valence-corrected chi connectivity index (χ4v) is 1.36. The van der Waals surface area contributed by atoms with Crippen LogP contribution in [0.5, 0.6) is 0 Å². The molecule has 0 spiro atoms. The van der Waals surface area contributed by atoms with Gasteiger partial charge in [-0.3, -0.25) is 4.79 Å². The van der Waals surface area contributed by atoms with Crippen molar-refractivity contribution >= 4 is 17.5 Å². The van der Waals surface area contributed by atoms with Gasteiger partial charge in [0.1, 0.15) is 0 Å². The monoisotopic (exact) mass is 225 g/mol. The molecule has 0 aliphatic carbocycles. The lowest BCUT2D eigenvalue weighted by atomic mass is 10.1. The van der Waals surface area contributed by atoms with Crippen LogP contribution in [0, 0.1) is 0 Å². The van der Waals surface area contributed by atoms with Gasteiger partial charge in [0.2, 0.25) is 5.91 Å². The molecule has 1 N–H and O–H groups in total. The number of amides is 1. The van der Waals surface area contributed by atoms with Crippen LogP contribution in [0.1, 0.15) is 18.9 Å². The van der Waals surface area contributed by atoms with E-state index < -0.39 is 0 Å². The topological polar surface area (TPSA) is 29.1 Å². The lowest BCUT2D eigenvalue weighted by molar-refractivity contribution is -0.120. The average molecular weight is 226 g/mol. The van der Waals surface area contributed by atoms with E-state index >= 15 is 0 Å². The van der Waals surface area contributed by atoms with Crippen molar-refractivity contribution in [3.63, 3.8) is 0 Å². The zero-order chi connectivity index (χ0) is 11.1. The molecule has 0 bridgehead atoms. The van der Waals surface area contributed by atoms with Crippen LogP contribution >= 0.6 is 11.6 Å².